The molecule has 2 heteroatoms. The van der Waals surface area contributed by atoms with Gasteiger partial charge in [-0.2, -0.15) is 0 Å². The summed E-state index contributed by atoms with van der Waals surface area (Å²) in [6.45, 7) is 0. The second-order valence-corrected chi connectivity index (χ2v) is 5.29. The summed E-state index contributed by atoms with van der Waals surface area (Å²) in [5.41, 5.74) is 2.36. The molecule has 1 aliphatic carbocycles. The van der Waals surface area contributed by atoms with Crippen LogP contribution in [0.25, 0.3) is 10.9 Å². The van der Waals surface area contributed by atoms with Gasteiger partial charge in [0.05, 0.1) is 5.52 Å². The van der Waals surface area contributed by atoms with Crippen LogP contribution >= 0.6 is 0 Å². The molecular weight excluding hydrogens is 220 g/mol. The third kappa shape index (κ3) is 2.25. The van der Waals surface area contributed by atoms with Crippen LogP contribution in [0.4, 0.5) is 0 Å². The van der Waals surface area contributed by atoms with Gasteiger partial charge >= 0.3 is 0 Å². The molecule has 0 aliphatic heterocycles. The van der Waals surface area contributed by atoms with Gasteiger partial charge in [-0.3, -0.25) is 4.98 Å². The Hall–Kier alpha value is -1.41. The zero-order valence-electron chi connectivity index (χ0n) is 10.9. The van der Waals surface area contributed by atoms with Crippen molar-refractivity contribution in [1.82, 2.24) is 10.3 Å². The third-order valence-corrected chi connectivity index (χ3v) is 4.16. The molecule has 1 heterocycles. The fourth-order valence-corrected chi connectivity index (χ4v) is 3.15. The molecule has 1 N–H and O–H groups in total. The van der Waals surface area contributed by atoms with Crippen LogP contribution in [0, 0.1) is 5.92 Å². The lowest BCUT2D eigenvalue weighted by Crippen LogP contribution is -2.30. The van der Waals surface area contributed by atoms with Crippen molar-refractivity contribution in [3.63, 3.8) is 0 Å². The van der Waals surface area contributed by atoms with Gasteiger partial charge in [0.15, 0.2) is 0 Å². The van der Waals surface area contributed by atoms with Gasteiger partial charge in [0.25, 0.3) is 0 Å². The van der Waals surface area contributed by atoms with Crippen molar-refractivity contribution in [3.05, 3.63) is 42.1 Å². The zero-order chi connectivity index (χ0) is 12.4. The highest BCUT2D eigenvalue weighted by Crippen LogP contribution is 2.28. The molecule has 1 aromatic heterocycles. The normalized spacial score (nSPS) is 23.6. The summed E-state index contributed by atoms with van der Waals surface area (Å²) in [6.07, 6.45) is 5.11. The van der Waals surface area contributed by atoms with Crippen molar-refractivity contribution < 1.29 is 0 Å². The monoisotopic (exact) mass is 240 g/mol. The average molecular weight is 240 g/mol. The van der Waals surface area contributed by atoms with Crippen molar-refractivity contribution in [2.75, 3.05) is 7.05 Å². The molecule has 1 fully saturated rings. The number of benzene rings is 1. The standard InChI is InChI=1S/C16H20N2/c1-17-15-8-4-6-13(15)11-14-10-9-12-5-2-3-7-16(12)18-14/h2-3,5,7,9-10,13,15,17H,4,6,8,11H2,1H3. The molecule has 2 unspecified atom stereocenters. The molecule has 1 saturated carbocycles. The number of fused-ring (bicyclic) bond motifs is 1. The van der Waals surface area contributed by atoms with Gasteiger partial charge in [-0.25, -0.2) is 0 Å². The van der Waals surface area contributed by atoms with Crippen LogP contribution in [0.2, 0.25) is 0 Å². The fourth-order valence-electron chi connectivity index (χ4n) is 3.15. The largest absolute Gasteiger partial charge is 0.317 e. The number of para-hydroxylation sites is 1. The van der Waals surface area contributed by atoms with Crippen LogP contribution in [0.3, 0.4) is 0 Å². The summed E-state index contributed by atoms with van der Waals surface area (Å²) in [5.74, 6) is 0.753. The topological polar surface area (TPSA) is 24.9 Å². The van der Waals surface area contributed by atoms with E-state index in [9.17, 15) is 0 Å². The van der Waals surface area contributed by atoms with Crippen molar-refractivity contribution in [2.45, 2.75) is 31.7 Å². The minimum atomic E-state index is 0.679. The summed E-state index contributed by atoms with van der Waals surface area (Å²) < 4.78 is 0. The first-order chi connectivity index (χ1) is 8.86. The smallest absolute Gasteiger partial charge is 0.0705 e. The van der Waals surface area contributed by atoms with Gasteiger partial charge in [-0.1, -0.05) is 30.7 Å². The predicted octanol–water partition coefficient (Wildman–Crippen LogP) is 3.17. The van der Waals surface area contributed by atoms with Gasteiger partial charge < -0.3 is 5.32 Å². The molecule has 0 radical (unpaired) electrons. The molecular formula is C16H20N2. The molecule has 0 spiro atoms. The number of aromatic nitrogens is 1. The van der Waals surface area contributed by atoms with E-state index in [0.29, 0.717) is 6.04 Å². The number of hydrogen-bond donors (Lipinski definition) is 1. The maximum absolute atomic E-state index is 4.78. The summed E-state index contributed by atoms with van der Waals surface area (Å²) >= 11 is 0. The molecule has 1 aromatic carbocycles. The van der Waals surface area contributed by atoms with Gasteiger partial charge in [0.2, 0.25) is 0 Å². The van der Waals surface area contributed by atoms with E-state index in [1.165, 1.54) is 30.3 Å². The Morgan fingerprint density at radius 2 is 2.06 bits per heavy atom. The highest BCUT2D eigenvalue weighted by atomic mass is 14.9. The van der Waals surface area contributed by atoms with Crippen LogP contribution in [-0.4, -0.2) is 18.1 Å². The Morgan fingerprint density at radius 3 is 2.94 bits per heavy atom. The Kier molecular flexibility index (Phi) is 3.28. The van der Waals surface area contributed by atoms with Crippen LogP contribution in [-0.2, 0) is 6.42 Å². The van der Waals surface area contributed by atoms with Gasteiger partial charge in [-0.15, -0.1) is 0 Å². The van der Waals surface area contributed by atoms with E-state index in [1.807, 2.05) is 0 Å². The van der Waals surface area contributed by atoms with Crippen LogP contribution in [0.5, 0.6) is 0 Å². The first-order valence-corrected chi connectivity index (χ1v) is 6.89. The Bertz CT molecular complexity index is 535. The van der Waals surface area contributed by atoms with Gasteiger partial charge in [0, 0.05) is 17.1 Å². The molecule has 94 valence electrons. The van der Waals surface area contributed by atoms with E-state index in [4.69, 9.17) is 4.98 Å². The highest BCUT2D eigenvalue weighted by Gasteiger charge is 2.26. The lowest BCUT2D eigenvalue weighted by Gasteiger charge is -2.18. The molecule has 0 saturated heterocycles. The molecule has 18 heavy (non-hydrogen) atoms. The average Bonchev–Trinajstić information content (AvgIpc) is 2.86. The SMILES string of the molecule is CNC1CCCC1Cc1ccc2ccccc2n1. The maximum Gasteiger partial charge on any atom is 0.0705 e. The van der Waals surface area contributed by atoms with Crippen LogP contribution < -0.4 is 5.32 Å². The van der Waals surface area contributed by atoms with Crippen LogP contribution in [0.1, 0.15) is 25.0 Å². The number of nitrogens with zero attached hydrogens (tertiary/aromatic N) is 1. The maximum atomic E-state index is 4.78. The van der Waals surface area contributed by atoms with Crippen molar-refractivity contribution in [2.24, 2.45) is 5.92 Å². The van der Waals surface area contributed by atoms with E-state index in [1.54, 1.807) is 0 Å². The first-order valence-electron chi connectivity index (χ1n) is 6.89. The predicted molar refractivity (Wildman–Crippen MR) is 75.6 cm³/mol. The van der Waals surface area contributed by atoms with E-state index in [-0.39, 0.29) is 0 Å². The number of hydrogen-bond acceptors (Lipinski definition) is 2. The number of pyridine rings is 1. The van der Waals surface area contributed by atoms with Crippen LogP contribution in [0.15, 0.2) is 36.4 Å². The molecule has 0 bridgehead atoms. The van der Waals surface area contributed by atoms with Gasteiger partial charge in [-0.05, 0) is 44.4 Å². The van der Waals surface area contributed by atoms with Crippen molar-refractivity contribution in [1.29, 1.82) is 0 Å². The summed E-state index contributed by atoms with van der Waals surface area (Å²) in [4.78, 5) is 4.78. The molecule has 1 aliphatic rings. The Labute approximate surface area is 108 Å². The molecule has 2 atom stereocenters. The fraction of sp³-hybridized carbons (Fsp3) is 0.438. The summed E-state index contributed by atoms with van der Waals surface area (Å²) in [6, 6.07) is 13.4. The third-order valence-electron chi connectivity index (χ3n) is 4.16. The lowest BCUT2D eigenvalue weighted by atomic mass is 9.97. The highest BCUT2D eigenvalue weighted by molar-refractivity contribution is 5.78. The van der Waals surface area contributed by atoms with Gasteiger partial charge in [0.1, 0.15) is 0 Å². The van der Waals surface area contributed by atoms with E-state index in [0.717, 1.165) is 17.9 Å². The minimum Gasteiger partial charge on any atom is -0.317 e. The Morgan fingerprint density at radius 1 is 1.17 bits per heavy atom. The van der Waals surface area contributed by atoms with E-state index >= 15 is 0 Å². The lowest BCUT2D eigenvalue weighted by molar-refractivity contribution is 0.420. The summed E-state index contributed by atoms with van der Waals surface area (Å²) in [7, 11) is 2.08. The molecule has 2 aromatic rings. The first kappa shape index (κ1) is 11.7. The summed E-state index contributed by atoms with van der Waals surface area (Å²) in [5, 5.41) is 4.68. The van der Waals surface area contributed by atoms with E-state index < -0.39 is 0 Å². The molecule has 0 amide bonds. The van der Waals surface area contributed by atoms with Crippen molar-refractivity contribution >= 4 is 10.9 Å². The second-order valence-electron chi connectivity index (χ2n) is 5.29. The molecule has 3 rings (SSSR count). The Balaban J connectivity index is 1.82. The zero-order valence-corrected chi connectivity index (χ0v) is 10.9. The minimum absolute atomic E-state index is 0.679. The number of nitrogens with one attached hydrogen (secondary N) is 1. The van der Waals surface area contributed by atoms with Crippen molar-refractivity contribution in [3.8, 4) is 0 Å². The second kappa shape index (κ2) is 5.07. The molecule has 2 nitrogen and oxygen atoms in total. The quantitative estimate of drug-likeness (QED) is 0.891. The number of rotatable bonds is 3. The van der Waals surface area contributed by atoms with E-state index in [2.05, 4.69) is 48.8 Å².